The summed E-state index contributed by atoms with van der Waals surface area (Å²) in [6.45, 7) is 2.22. The van der Waals surface area contributed by atoms with Gasteiger partial charge in [0.05, 0.1) is 14.2 Å². The normalized spacial score (nSPS) is 16.2. The first-order valence-electron chi connectivity index (χ1n) is 8.67. The summed E-state index contributed by atoms with van der Waals surface area (Å²) in [6, 6.07) is 8.74. The van der Waals surface area contributed by atoms with Gasteiger partial charge in [0.2, 0.25) is 0 Å². The van der Waals surface area contributed by atoms with Crippen LogP contribution in [0.25, 0.3) is 0 Å². The molecule has 5 heteroatoms. The second-order valence-corrected chi connectivity index (χ2v) is 7.62. The molecule has 1 aromatic heterocycles. The predicted molar refractivity (Wildman–Crippen MR) is 108 cm³/mol. The summed E-state index contributed by atoms with van der Waals surface area (Å²) in [4.78, 5) is 3.94. The molecule has 0 fully saturated rings. The van der Waals surface area contributed by atoms with Crippen LogP contribution in [0.4, 0.5) is 0 Å². The molecule has 0 amide bonds. The first kappa shape index (κ1) is 20.1. The van der Waals surface area contributed by atoms with Crippen molar-refractivity contribution in [3.05, 3.63) is 45.6 Å². The highest BCUT2D eigenvalue weighted by Crippen LogP contribution is 2.39. The molecule has 0 saturated carbocycles. The first-order valence-corrected chi connectivity index (χ1v) is 9.55. The zero-order valence-corrected chi connectivity index (χ0v) is 16.9. The summed E-state index contributed by atoms with van der Waals surface area (Å²) in [7, 11) is 5.67. The highest BCUT2D eigenvalue weighted by molar-refractivity contribution is 7.09. The molecule has 1 atom stereocenters. The van der Waals surface area contributed by atoms with E-state index in [9.17, 15) is 0 Å². The number of ether oxygens (including phenoxy) is 2. The van der Waals surface area contributed by atoms with E-state index in [0.29, 0.717) is 5.92 Å². The lowest BCUT2D eigenvalue weighted by Gasteiger charge is -2.30. The number of hydrogen-bond donors (Lipinski definition) is 0. The van der Waals surface area contributed by atoms with Crippen LogP contribution in [0.5, 0.6) is 11.5 Å². The van der Waals surface area contributed by atoms with Crippen molar-refractivity contribution >= 4 is 23.7 Å². The molecule has 3 rings (SSSR count). The van der Waals surface area contributed by atoms with Crippen molar-refractivity contribution in [3.8, 4) is 11.5 Å². The number of halogens is 1. The minimum Gasteiger partial charge on any atom is -0.493 e. The third kappa shape index (κ3) is 4.90. The molecule has 0 radical (unpaired) electrons. The lowest BCUT2D eigenvalue weighted by Crippen LogP contribution is -2.28. The Morgan fingerprint density at radius 1 is 1.20 bits per heavy atom. The maximum Gasteiger partial charge on any atom is 0.161 e. The van der Waals surface area contributed by atoms with Crippen LogP contribution in [-0.2, 0) is 12.8 Å². The van der Waals surface area contributed by atoms with Crippen LogP contribution in [0.1, 0.15) is 34.8 Å². The number of benzene rings is 1. The number of aryl methyl sites for hydroxylation is 1. The highest BCUT2D eigenvalue weighted by atomic mass is 35.5. The zero-order chi connectivity index (χ0) is 16.9. The van der Waals surface area contributed by atoms with Gasteiger partial charge in [-0.2, -0.15) is 0 Å². The standard InChI is InChI=1S/C20H27NO2S.ClH/c1-21(10-9-17-8-5-11-24-17)14-16-7-4-6-15-12-19(22-2)20(23-3)13-18(15)16;/h5,8,11-13,16H,4,6-7,9-10,14H2,1-3H3;1H. The second-order valence-electron chi connectivity index (χ2n) is 6.59. The van der Waals surface area contributed by atoms with E-state index in [2.05, 4.69) is 41.6 Å². The van der Waals surface area contributed by atoms with Crippen molar-refractivity contribution < 1.29 is 9.47 Å². The van der Waals surface area contributed by atoms with Crippen LogP contribution >= 0.6 is 23.7 Å². The molecule has 0 N–H and O–H groups in total. The molecule has 1 aromatic carbocycles. The molecular weight excluding hydrogens is 354 g/mol. The number of rotatable bonds is 7. The Labute approximate surface area is 161 Å². The molecule has 3 nitrogen and oxygen atoms in total. The fraction of sp³-hybridized carbons (Fsp3) is 0.500. The number of nitrogens with zero attached hydrogens (tertiary/aromatic N) is 1. The number of methoxy groups -OCH3 is 2. The summed E-state index contributed by atoms with van der Waals surface area (Å²) < 4.78 is 11.0. The lowest BCUT2D eigenvalue weighted by molar-refractivity contribution is 0.300. The van der Waals surface area contributed by atoms with Gasteiger partial charge in [0, 0.05) is 18.0 Å². The molecule has 1 heterocycles. The molecule has 0 bridgehead atoms. The van der Waals surface area contributed by atoms with E-state index >= 15 is 0 Å². The van der Waals surface area contributed by atoms with Crippen molar-refractivity contribution in [1.29, 1.82) is 0 Å². The average molecular weight is 382 g/mol. The molecule has 1 aliphatic carbocycles. The van der Waals surface area contributed by atoms with E-state index in [1.165, 1.54) is 28.8 Å². The van der Waals surface area contributed by atoms with Gasteiger partial charge in [0.1, 0.15) is 0 Å². The van der Waals surface area contributed by atoms with Crippen molar-refractivity contribution in [1.82, 2.24) is 4.90 Å². The van der Waals surface area contributed by atoms with Crippen molar-refractivity contribution in [3.63, 3.8) is 0 Å². The van der Waals surface area contributed by atoms with E-state index in [1.54, 1.807) is 14.2 Å². The van der Waals surface area contributed by atoms with Crippen LogP contribution in [0.3, 0.4) is 0 Å². The van der Waals surface area contributed by atoms with Crippen LogP contribution in [0.2, 0.25) is 0 Å². The molecule has 0 saturated heterocycles. The van der Waals surface area contributed by atoms with Crippen LogP contribution in [-0.4, -0.2) is 39.3 Å². The Morgan fingerprint density at radius 2 is 1.96 bits per heavy atom. The third-order valence-electron chi connectivity index (χ3n) is 4.94. The monoisotopic (exact) mass is 381 g/mol. The topological polar surface area (TPSA) is 21.7 Å². The summed E-state index contributed by atoms with van der Waals surface area (Å²) in [6.07, 6.45) is 4.79. The van der Waals surface area contributed by atoms with Crippen molar-refractivity contribution in [2.75, 3.05) is 34.4 Å². The van der Waals surface area contributed by atoms with Gasteiger partial charge in [0.15, 0.2) is 11.5 Å². The largest absolute Gasteiger partial charge is 0.493 e. The summed E-state index contributed by atoms with van der Waals surface area (Å²) in [5.74, 6) is 2.29. The van der Waals surface area contributed by atoms with E-state index in [-0.39, 0.29) is 12.4 Å². The van der Waals surface area contributed by atoms with E-state index in [0.717, 1.165) is 37.4 Å². The van der Waals surface area contributed by atoms with Crippen LogP contribution < -0.4 is 9.47 Å². The predicted octanol–water partition coefficient (Wildman–Crippen LogP) is 4.78. The smallest absolute Gasteiger partial charge is 0.161 e. The third-order valence-corrected chi connectivity index (χ3v) is 5.87. The van der Waals surface area contributed by atoms with Crippen LogP contribution in [0.15, 0.2) is 29.6 Å². The molecule has 1 aliphatic rings. The Kier molecular flexibility index (Phi) is 7.60. The number of thiophene rings is 1. The Hall–Kier alpha value is -1.23. The average Bonchev–Trinajstić information content (AvgIpc) is 3.12. The lowest BCUT2D eigenvalue weighted by atomic mass is 9.82. The Balaban J connectivity index is 0.00000225. The zero-order valence-electron chi connectivity index (χ0n) is 15.3. The molecule has 1 unspecified atom stereocenters. The second kappa shape index (κ2) is 9.46. The molecular formula is C20H28ClNO2S. The fourth-order valence-electron chi connectivity index (χ4n) is 3.64. The van der Waals surface area contributed by atoms with E-state index in [1.807, 2.05) is 11.3 Å². The molecule has 2 aromatic rings. The summed E-state index contributed by atoms with van der Waals surface area (Å²) >= 11 is 1.85. The number of likely N-dealkylation sites (N-methyl/N-ethyl adjacent to an activating group) is 1. The van der Waals surface area contributed by atoms with Crippen molar-refractivity contribution in [2.45, 2.75) is 31.6 Å². The highest BCUT2D eigenvalue weighted by Gasteiger charge is 2.24. The van der Waals surface area contributed by atoms with Gasteiger partial charge < -0.3 is 14.4 Å². The first-order chi connectivity index (χ1) is 11.7. The minimum atomic E-state index is 0. The van der Waals surface area contributed by atoms with E-state index < -0.39 is 0 Å². The number of hydrogen-bond acceptors (Lipinski definition) is 4. The van der Waals surface area contributed by atoms with Crippen molar-refractivity contribution in [2.24, 2.45) is 0 Å². The SMILES string of the molecule is COc1cc2c(cc1OC)C(CN(C)CCc1cccs1)CCC2.Cl. The molecule has 25 heavy (non-hydrogen) atoms. The van der Waals surface area contributed by atoms with Gasteiger partial charge in [-0.05, 0) is 73.4 Å². The maximum absolute atomic E-state index is 5.51. The van der Waals surface area contributed by atoms with Gasteiger partial charge in [0.25, 0.3) is 0 Å². The maximum atomic E-state index is 5.51. The minimum absolute atomic E-state index is 0. The van der Waals surface area contributed by atoms with Gasteiger partial charge in [-0.1, -0.05) is 6.07 Å². The fourth-order valence-corrected chi connectivity index (χ4v) is 4.34. The van der Waals surface area contributed by atoms with Crippen LogP contribution in [0, 0.1) is 0 Å². The Bertz CT molecular complexity index is 660. The summed E-state index contributed by atoms with van der Waals surface area (Å²) in [5, 5.41) is 2.16. The van der Waals surface area contributed by atoms with Gasteiger partial charge in [-0.3, -0.25) is 0 Å². The molecule has 0 aliphatic heterocycles. The quantitative estimate of drug-likeness (QED) is 0.688. The molecule has 0 spiro atoms. The number of fused-ring (bicyclic) bond motifs is 1. The van der Waals surface area contributed by atoms with Gasteiger partial charge >= 0.3 is 0 Å². The Morgan fingerprint density at radius 3 is 2.64 bits per heavy atom. The van der Waals surface area contributed by atoms with E-state index in [4.69, 9.17) is 9.47 Å². The van der Waals surface area contributed by atoms with Gasteiger partial charge in [-0.25, -0.2) is 0 Å². The van der Waals surface area contributed by atoms with Gasteiger partial charge in [-0.15, -0.1) is 23.7 Å². The summed E-state index contributed by atoms with van der Waals surface area (Å²) in [5.41, 5.74) is 2.87. The molecule has 138 valence electrons.